The Labute approximate surface area is 187 Å². The first-order valence-electron chi connectivity index (χ1n) is 9.57. The predicted octanol–water partition coefficient (Wildman–Crippen LogP) is 4.45. The van der Waals surface area contributed by atoms with Gasteiger partial charge >= 0.3 is 0 Å². The molecule has 0 radical (unpaired) electrons. The normalized spacial score (nSPS) is 11.2. The number of anilines is 1. The van der Waals surface area contributed by atoms with Gasteiger partial charge in [-0.15, -0.1) is 0 Å². The summed E-state index contributed by atoms with van der Waals surface area (Å²) in [6.45, 7) is 3.57. The zero-order valence-corrected chi connectivity index (χ0v) is 18.8. The summed E-state index contributed by atoms with van der Waals surface area (Å²) in [5.74, 6) is 0.0889. The van der Waals surface area contributed by atoms with Crippen LogP contribution in [-0.4, -0.2) is 20.9 Å². The van der Waals surface area contributed by atoms with Crippen LogP contribution in [0.2, 0.25) is 5.02 Å². The van der Waals surface area contributed by atoms with Gasteiger partial charge in [-0.1, -0.05) is 48.0 Å². The number of nitrogens with one attached hydrogen (secondary N) is 2. The van der Waals surface area contributed by atoms with Crippen molar-refractivity contribution < 1.29 is 17.9 Å². The second-order valence-electron chi connectivity index (χ2n) is 7.03. The maximum absolute atomic E-state index is 12.6. The molecular weight excluding hydrogens is 436 g/mol. The van der Waals surface area contributed by atoms with Crippen LogP contribution in [0.4, 0.5) is 5.69 Å². The first kappa shape index (κ1) is 22.8. The predicted molar refractivity (Wildman–Crippen MR) is 122 cm³/mol. The molecule has 0 aliphatic rings. The molecule has 0 fully saturated rings. The maximum atomic E-state index is 12.6. The number of benzene rings is 3. The van der Waals surface area contributed by atoms with E-state index in [1.54, 1.807) is 25.1 Å². The van der Waals surface area contributed by atoms with E-state index in [1.165, 1.54) is 12.1 Å². The van der Waals surface area contributed by atoms with Gasteiger partial charge in [-0.05, 0) is 60.9 Å². The van der Waals surface area contributed by atoms with Crippen LogP contribution in [0.1, 0.15) is 16.7 Å². The standard InChI is InChI=1S/C23H23ClN2O4S/c1-16-8-9-19(24)13-21(16)26-23(27)15-30-22-11-10-20(12-17(22)2)31(28,29)25-14-18-6-4-3-5-7-18/h3-13,25H,14-15H2,1-2H3,(H,26,27). The van der Waals surface area contributed by atoms with Crippen molar-refractivity contribution in [3.63, 3.8) is 0 Å². The smallest absolute Gasteiger partial charge is 0.262 e. The van der Waals surface area contributed by atoms with Crippen molar-refractivity contribution in [2.75, 3.05) is 11.9 Å². The Balaban J connectivity index is 1.61. The summed E-state index contributed by atoms with van der Waals surface area (Å²) in [7, 11) is -3.68. The minimum Gasteiger partial charge on any atom is -0.483 e. The van der Waals surface area contributed by atoms with Gasteiger partial charge in [0.2, 0.25) is 10.0 Å². The highest BCUT2D eigenvalue weighted by atomic mass is 35.5. The van der Waals surface area contributed by atoms with E-state index < -0.39 is 10.0 Å². The fraction of sp³-hybridized carbons (Fsp3) is 0.174. The van der Waals surface area contributed by atoms with E-state index >= 15 is 0 Å². The molecule has 1 amide bonds. The van der Waals surface area contributed by atoms with Crippen LogP contribution in [0, 0.1) is 13.8 Å². The van der Waals surface area contributed by atoms with Gasteiger partial charge in [0, 0.05) is 17.3 Å². The molecule has 162 valence electrons. The first-order valence-corrected chi connectivity index (χ1v) is 11.4. The molecule has 2 N–H and O–H groups in total. The van der Waals surface area contributed by atoms with Crippen molar-refractivity contribution in [2.24, 2.45) is 0 Å². The van der Waals surface area contributed by atoms with E-state index in [0.29, 0.717) is 22.0 Å². The quantitative estimate of drug-likeness (QED) is 0.522. The molecule has 0 aromatic heterocycles. The van der Waals surface area contributed by atoms with Crippen LogP contribution in [-0.2, 0) is 21.4 Å². The Bertz CT molecular complexity index is 1180. The summed E-state index contributed by atoms with van der Waals surface area (Å²) < 4.78 is 33.3. The van der Waals surface area contributed by atoms with E-state index in [4.69, 9.17) is 16.3 Å². The molecule has 31 heavy (non-hydrogen) atoms. The Hall–Kier alpha value is -2.87. The van der Waals surface area contributed by atoms with Gasteiger partial charge < -0.3 is 10.1 Å². The van der Waals surface area contributed by atoms with Crippen LogP contribution in [0.3, 0.4) is 0 Å². The number of amides is 1. The third kappa shape index (κ3) is 6.30. The van der Waals surface area contributed by atoms with Crippen LogP contribution in [0.5, 0.6) is 5.75 Å². The van der Waals surface area contributed by atoms with E-state index in [0.717, 1.165) is 11.1 Å². The number of carbonyl (C=O) groups is 1. The number of ether oxygens (including phenoxy) is 1. The van der Waals surface area contributed by atoms with Gasteiger partial charge in [0.15, 0.2) is 6.61 Å². The van der Waals surface area contributed by atoms with Crippen molar-refractivity contribution in [1.82, 2.24) is 4.72 Å². The third-order valence-corrected chi connectivity index (χ3v) is 6.23. The third-order valence-electron chi connectivity index (χ3n) is 4.60. The van der Waals surface area contributed by atoms with E-state index in [1.807, 2.05) is 43.3 Å². The molecule has 0 unspecified atom stereocenters. The molecule has 3 aromatic rings. The molecule has 0 saturated carbocycles. The van der Waals surface area contributed by atoms with Crippen molar-refractivity contribution in [3.05, 3.63) is 88.4 Å². The Morgan fingerprint density at radius 3 is 2.42 bits per heavy atom. The highest BCUT2D eigenvalue weighted by molar-refractivity contribution is 7.89. The lowest BCUT2D eigenvalue weighted by Gasteiger charge is -2.13. The number of aryl methyl sites for hydroxylation is 2. The average Bonchev–Trinajstić information content (AvgIpc) is 2.75. The number of sulfonamides is 1. The van der Waals surface area contributed by atoms with Crippen molar-refractivity contribution in [2.45, 2.75) is 25.3 Å². The highest BCUT2D eigenvalue weighted by Crippen LogP contribution is 2.23. The molecule has 0 aliphatic carbocycles. The fourth-order valence-corrected chi connectivity index (χ4v) is 4.14. The largest absolute Gasteiger partial charge is 0.483 e. The minimum atomic E-state index is -3.68. The summed E-state index contributed by atoms with van der Waals surface area (Å²) in [6, 6.07) is 19.0. The zero-order chi connectivity index (χ0) is 22.4. The maximum Gasteiger partial charge on any atom is 0.262 e. The topological polar surface area (TPSA) is 84.5 Å². The molecule has 3 rings (SSSR count). The SMILES string of the molecule is Cc1ccc(Cl)cc1NC(=O)COc1ccc(S(=O)(=O)NCc2ccccc2)cc1C. The van der Waals surface area contributed by atoms with Gasteiger partial charge in [-0.3, -0.25) is 4.79 Å². The molecule has 6 nitrogen and oxygen atoms in total. The van der Waals surface area contributed by atoms with Crippen LogP contribution < -0.4 is 14.8 Å². The van der Waals surface area contributed by atoms with Crippen molar-refractivity contribution >= 4 is 33.2 Å². The fourth-order valence-electron chi connectivity index (χ4n) is 2.87. The van der Waals surface area contributed by atoms with E-state index in [-0.39, 0.29) is 24.0 Å². The first-order chi connectivity index (χ1) is 14.7. The van der Waals surface area contributed by atoms with Gasteiger partial charge in [0.25, 0.3) is 5.91 Å². The summed E-state index contributed by atoms with van der Waals surface area (Å²) in [4.78, 5) is 12.4. The van der Waals surface area contributed by atoms with Gasteiger partial charge in [-0.25, -0.2) is 13.1 Å². The average molecular weight is 459 g/mol. The Kier molecular flexibility index (Phi) is 7.33. The number of hydrogen-bond acceptors (Lipinski definition) is 4. The molecule has 0 saturated heterocycles. The lowest BCUT2D eigenvalue weighted by molar-refractivity contribution is -0.118. The molecule has 0 aliphatic heterocycles. The van der Waals surface area contributed by atoms with Gasteiger partial charge in [-0.2, -0.15) is 0 Å². The van der Waals surface area contributed by atoms with Crippen LogP contribution in [0.15, 0.2) is 71.6 Å². The molecule has 8 heteroatoms. The van der Waals surface area contributed by atoms with Crippen LogP contribution in [0.25, 0.3) is 0 Å². The van der Waals surface area contributed by atoms with E-state index in [9.17, 15) is 13.2 Å². The zero-order valence-electron chi connectivity index (χ0n) is 17.2. The molecule has 3 aromatic carbocycles. The monoisotopic (exact) mass is 458 g/mol. The Morgan fingerprint density at radius 2 is 1.71 bits per heavy atom. The second-order valence-corrected chi connectivity index (χ2v) is 9.24. The number of hydrogen-bond donors (Lipinski definition) is 2. The molecule has 0 bridgehead atoms. The van der Waals surface area contributed by atoms with E-state index in [2.05, 4.69) is 10.0 Å². The Morgan fingerprint density at radius 1 is 0.968 bits per heavy atom. The second kappa shape index (κ2) is 9.96. The number of halogens is 1. The number of rotatable bonds is 8. The number of carbonyl (C=O) groups excluding carboxylic acids is 1. The van der Waals surface area contributed by atoms with Crippen LogP contribution >= 0.6 is 11.6 Å². The molecule has 0 atom stereocenters. The summed E-state index contributed by atoms with van der Waals surface area (Å²) in [6.07, 6.45) is 0. The van der Waals surface area contributed by atoms with Gasteiger partial charge in [0.1, 0.15) is 5.75 Å². The minimum absolute atomic E-state index is 0.132. The van der Waals surface area contributed by atoms with Crippen molar-refractivity contribution in [1.29, 1.82) is 0 Å². The summed E-state index contributed by atoms with van der Waals surface area (Å²) >= 11 is 5.97. The molecule has 0 heterocycles. The highest BCUT2D eigenvalue weighted by Gasteiger charge is 2.16. The summed E-state index contributed by atoms with van der Waals surface area (Å²) in [5.41, 5.74) is 2.97. The summed E-state index contributed by atoms with van der Waals surface area (Å²) in [5, 5.41) is 3.28. The lowest BCUT2D eigenvalue weighted by atomic mass is 10.2. The molecular formula is C23H23ClN2O4S. The molecule has 0 spiro atoms. The lowest BCUT2D eigenvalue weighted by Crippen LogP contribution is -2.23. The van der Waals surface area contributed by atoms with Gasteiger partial charge in [0.05, 0.1) is 4.90 Å². The van der Waals surface area contributed by atoms with Crippen molar-refractivity contribution in [3.8, 4) is 5.75 Å².